The Labute approximate surface area is 125 Å². The maximum atomic E-state index is 11.8. The van der Waals surface area contributed by atoms with Crippen LogP contribution in [0.2, 0.25) is 0 Å². The standard InChI is InChI=1S/C14H18O6S/c1-7(2)14(16)19-6-12(15)18-5-10-13-9-3-8(9)4-11(13)21(17)20-10/h8-11,13H,1,3-6H2,2H3. The zero-order valence-corrected chi connectivity index (χ0v) is 12.6. The molecule has 0 aromatic rings. The molecule has 6 unspecified atom stereocenters. The lowest BCUT2D eigenvalue weighted by molar-refractivity contribution is -0.158. The summed E-state index contributed by atoms with van der Waals surface area (Å²) < 4.78 is 27.0. The van der Waals surface area contributed by atoms with E-state index in [2.05, 4.69) is 6.58 Å². The highest BCUT2D eigenvalue weighted by molar-refractivity contribution is 7.81. The second-order valence-electron chi connectivity index (χ2n) is 5.95. The molecule has 21 heavy (non-hydrogen) atoms. The van der Waals surface area contributed by atoms with Crippen LogP contribution in [-0.2, 0) is 34.3 Å². The number of esters is 2. The van der Waals surface area contributed by atoms with E-state index in [1.54, 1.807) is 0 Å². The van der Waals surface area contributed by atoms with Crippen molar-refractivity contribution in [3.63, 3.8) is 0 Å². The number of fused-ring (bicyclic) bond motifs is 3. The second-order valence-corrected chi connectivity index (χ2v) is 7.26. The van der Waals surface area contributed by atoms with Crippen molar-refractivity contribution in [2.75, 3.05) is 13.2 Å². The van der Waals surface area contributed by atoms with Crippen LogP contribution in [0.15, 0.2) is 12.2 Å². The Kier molecular flexibility index (Phi) is 3.88. The summed E-state index contributed by atoms with van der Waals surface area (Å²) in [7, 11) is 0. The molecule has 1 aliphatic heterocycles. The van der Waals surface area contributed by atoms with Gasteiger partial charge in [-0.25, -0.2) is 13.8 Å². The van der Waals surface area contributed by atoms with Gasteiger partial charge in [-0.3, -0.25) is 4.18 Å². The smallest absolute Gasteiger partial charge is 0.344 e. The minimum atomic E-state index is -1.27. The Morgan fingerprint density at radius 2 is 2.10 bits per heavy atom. The molecule has 0 spiro atoms. The van der Waals surface area contributed by atoms with Gasteiger partial charge in [-0.05, 0) is 31.6 Å². The fraction of sp³-hybridized carbons (Fsp3) is 0.714. The lowest BCUT2D eigenvalue weighted by Gasteiger charge is -2.16. The first-order valence-electron chi connectivity index (χ1n) is 7.03. The van der Waals surface area contributed by atoms with Crippen molar-refractivity contribution in [2.24, 2.45) is 17.8 Å². The summed E-state index contributed by atoms with van der Waals surface area (Å²) in [5.74, 6) is 0.241. The molecule has 3 rings (SSSR count). The van der Waals surface area contributed by atoms with Crippen LogP contribution in [0.3, 0.4) is 0 Å². The van der Waals surface area contributed by atoms with Gasteiger partial charge in [0.2, 0.25) is 0 Å². The molecule has 0 radical (unpaired) electrons. The van der Waals surface area contributed by atoms with Crippen molar-refractivity contribution in [3.05, 3.63) is 12.2 Å². The van der Waals surface area contributed by atoms with Gasteiger partial charge in [0, 0.05) is 11.5 Å². The van der Waals surface area contributed by atoms with E-state index in [-0.39, 0.29) is 29.5 Å². The van der Waals surface area contributed by atoms with Gasteiger partial charge < -0.3 is 9.47 Å². The predicted molar refractivity (Wildman–Crippen MR) is 73.2 cm³/mol. The first-order valence-corrected chi connectivity index (χ1v) is 8.17. The summed E-state index contributed by atoms with van der Waals surface area (Å²) in [6, 6.07) is 0. The molecule has 7 heteroatoms. The number of rotatable bonds is 5. The fourth-order valence-electron chi connectivity index (χ4n) is 3.33. The predicted octanol–water partition coefficient (Wildman–Crippen LogP) is 0.736. The maximum absolute atomic E-state index is 11.8. The minimum absolute atomic E-state index is 0.0690. The average molecular weight is 314 g/mol. The van der Waals surface area contributed by atoms with Gasteiger partial charge in [0.1, 0.15) is 12.7 Å². The number of hydrogen-bond donors (Lipinski definition) is 0. The SMILES string of the molecule is C=C(C)C(=O)OCC(=O)OCC1OS(=O)C2CC3CC3C12. The molecule has 0 aromatic heterocycles. The maximum Gasteiger partial charge on any atom is 0.344 e. The van der Waals surface area contributed by atoms with E-state index in [0.29, 0.717) is 11.8 Å². The highest BCUT2D eigenvalue weighted by atomic mass is 32.2. The first kappa shape index (κ1) is 14.7. The molecule has 0 amide bonds. The van der Waals surface area contributed by atoms with Crippen LogP contribution in [0.1, 0.15) is 19.8 Å². The second kappa shape index (κ2) is 5.53. The molecule has 0 aromatic carbocycles. The molecule has 0 bridgehead atoms. The van der Waals surface area contributed by atoms with Crippen molar-refractivity contribution in [3.8, 4) is 0 Å². The molecule has 0 N–H and O–H groups in total. The lowest BCUT2D eigenvalue weighted by atomic mass is 9.97. The summed E-state index contributed by atoms with van der Waals surface area (Å²) in [6.07, 6.45) is 1.83. The van der Waals surface area contributed by atoms with Crippen molar-refractivity contribution in [1.82, 2.24) is 0 Å². The zero-order valence-electron chi connectivity index (χ0n) is 11.8. The average Bonchev–Trinajstić information content (AvgIpc) is 2.99. The molecule has 2 aliphatic carbocycles. The highest BCUT2D eigenvalue weighted by Crippen LogP contribution is 2.60. The summed E-state index contributed by atoms with van der Waals surface area (Å²) in [5.41, 5.74) is 0.228. The third-order valence-corrected chi connectivity index (χ3v) is 5.85. The van der Waals surface area contributed by atoms with Crippen LogP contribution in [0, 0.1) is 17.8 Å². The van der Waals surface area contributed by atoms with Crippen molar-refractivity contribution in [2.45, 2.75) is 31.1 Å². The number of ether oxygens (including phenoxy) is 2. The molecule has 116 valence electrons. The fourth-order valence-corrected chi connectivity index (χ4v) is 4.94. The van der Waals surface area contributed by atoms with Crippen molar-refractivity contribution < 1.29 is 27.5 Å². The van der Waals surface area contributed by atoms with E-state index in [4.69, 9.17) is 13.7 Å². The molecule has 1 saturated heterocycles. The van der Waals surface area contributed by atoms with Gasteiger partial charge in [0.25, 0.3) is 0 Å². The molecule has 3 fully saturated rings. The summed E-state index contributed by atoms with van der Waals surface area (Å²) >= 11 is -1.27. The normalized spacial score (nSPS) is 39.3. The summed E-state index contributed by atoms with van der Waals surface area (Å²) in [5, 5.41) is 0.0960. The monoisotopic (exact) mass is 314 g/mol. The third-order valence-electron chi connectivity index (χ3n) is 4.41. The van der Waals surface area contributed by atoms with Gasteiger partial charge in [0.15, 0.2) is 17.7 Å². The van der Waals surface area contributed by atoms with Gasteiger partial charge in [0.05, 0.1) is 5.25 Å². The molecular formula is C14H18O6S. The molecule has 6 nitrogen and oxygen atoms in total. The van der Waals surface area contributed by atoms with Gasteiger partial charge in [-0.15, -0.1) is 0 Å². The van der Waals surface area contributed by atoms with Crippen molar-refractivity contribution in [1.29, 1.82) is 0 Å². The van der Waals surface area contributed by atoms with E-state index in [0.717, 1.165) is 6.42 Å². The van der Waals surface area contributed by atoms with E-state index in [1.807, 2.05) is 0 Å². The van der Waals surface area contributed by atoms with E-state index in [1.165, 1.54) is 13.3 Å². The zero-order chi connectivity index (χ0) is 15.1. The Morgan fingerprint density at radius 1 is 1.33 bits per heavy atom. The third kappa shape index (κ3) is 2.89. The summed E-state index contributed by atoms with van der Waals surface area (Å²) in [6.45, 7) is 4.55. The van der Waals surface area contributed by atoms with Gasteiger partial charge in [-0.1, -0.05) is 6.58 Å². The molecular weight excluding hydrogens is 296 g/mol. The molecule has 2 saturated carbocycles. The quantitative estimate of drug-likeness (QED) is 0.550. The highest BCUT2D eigenvalue weighted by Gasteiger charge is 2.62. The Hall–Kier alpha value is -1.21. The van der Waals surface area contributed by atoms with Crippen LogP contribution >= 0.6 is 0 Å². The van der Waals surface area contributed by atoms with Crippen molar-refractivity contribution >= 4 is 23.0 Å². The van der Waals surface area contributed by atoms with Gasteiger partial charge >= 0.3 is 11.9 Å². The van der Waals surface area contributed by atoms with Crippen LogP contribution < -0.4 is 0 Å². The largest absolute Gasteiger partial charge is 0.460 e. The van der Waals surface area contributed by atoms with Gasteiger partial charge in [-0.2, -0.15) is 0 Å². The van der Waals surface area contributed by atoms with Crippen LogP contribution in [0.25, 0.3) is 0 Å². The summed E-state index contributed by atoms with van der Waals surface area (Å²) in [4.78, 5) is 22.7. The number of carbonyl (C=O) groups excluding carboxylic acids is 2. The Morgan fingerprint density at radius 3 is 2.81 bits per heavy atom. The number of hydrogen-bond acceptors (Lipinski definition) is 6. The Bertz CT molecular complexity index is 516. The van der Waals surface area contributed by atoms with E-state index < -0.39 is 29.6 Å². The minimum Gasteiger partial charge on any atom is -0.460 e. The molecule has 1 heterocycles. The van der Waals surface area contributed by atoms with E-state index in [9.17, 15) is 13.8 Å². The lowest BCUT2D eigenvalue weighted by Crippen LogP contribution is -2.29. The molecule has 3 aliphatic rings. The number of carbonyl (C=O) groups is 2. The van der Waals surface area contributed by atoms with Crippen LogP contribution in [0.5, 0.6) is 0 Å². The van der Waals surface area contributed by atoms with Crippen LogP contribution in [-0.4, -0.2) is 40.7 Å². The molecule has 6 atom stereocenters. The first-order chi connectivity index (χ1) is 9.97. The van der Waals surface area contributed by atoms with E-state index >= 15 is 0 Å². The topological polar surface area (TPSA) is 78.9 Å². The Balaban J connectivity index is 1.45. The van der Waals surface area contributed by atoms with Crippen LogP contribution in [0.4, 0.5) is 0 Å².